The van der Waals surface area contributed by atoms with Crippen LogP contribution in [0, 0.1) is 0 Å². The highest BCUT2D eigenvalue weighted by atomic mass is 32.1. The Bertz CT molecular complexity index is 1150. The van der Waals surface area contributed by atoms with Crippen molar-refractivity contribution in [3.63, 3.8) is 0 Å². The molecule has 5 rings (SSSR count). The summed E-state index contributed by atoms with van der Waals surface area (Å²) in [5.41, 5.74) is 3.72. The highest BCUT2D eigenvalue weighted by Crippen LogP contribution is 2.52. The largest absolute Gasteiger partial charge is 0.495 e. The van der Waals surface area contributed by atoms with E-state index in [9.17, 15) is 0 Å². The lowest BCUT2D eigenvalue weighted by molar-refractivity contribution is 0.414. The topological polar surface area (TPSA) is 15.7 Å². The zero-order chi connectivity index (χ0) is 18.5. The van der Waals surface area contributed by atoms with Crippen LogP contribution in [-0.4, -0.2) is 19.8 Å². The lowest BCUT2D eigenvalue weighted by atomic mass is 10.1. The van der Waals surface area contributed by atoms with Gasteiger partial charge in [0.05, 0.1) is 28.9 Å². The Hall–Kier alpha value is -2.72. The summed E-state index contributed by atoms with van der Waals surface area (Å²) in [4.78, 5) is 4.90. The lowest BCUT2D eigenvalue weighted by Gasteiger charge is -2.30. The average Bonchev–Trinajstić information content (AvgIpc) is 3.22. The molecule has 3 nitrogen and oxygen atoms in total. The number of fused-ring (bicyclic) bond motifs is 5. The molecule has 1 aromatic heterocycles. The van der Waals surface area contributed by atoms with Crippen LogP contribution >= 0.6 is 11.3 Å². The quantitative estimate of drug-likeness (QED) is 0.413. The van der Waals surface area contributed by atoms with E-state index in [-0.39, 0.29) is 6.17 Å². The van der Waals surface area contributed by atoms with Crippen molar-refractivity contribution in [2.75, 3.05) is 23.5 Å². The molecule has 136 valence electrons. The van der Waals surface area contributed by atoms with Gasteiger partial charge in [-0.15, -0.1) is 11.3 Å². The molecule has 0 radical (unpaired) electrons. The summed E-state index contributed by atoms with van der Waals surface area (Å²) in [5, 5.41) is 2.70. The standard InChI is InChI=1S/C23H22N2OS/c1-4-24-15(2)25(18-10-6-7-11-20(18)26-3)19-14-13-17-16-9-5-8-12-21(16)27-23(17)22(19)24/h5-15H,4H2,1-3H3/t15-/m0/s1. The van der Waals surface area contributed by atoms with E-state index in [1.165, 1.54) is 31.5 Å². The average molecular weight is 375 g/mol. The molecule has 1 atom stereocenters. The maximum atomic E-state index is 5.67. The lowest BCUT2D eigenvalue weighted by Crippen LogP contribution is -2.38. The fourth-order valence-corrected chi connectivity index (χ4v) is 5.61. The molecule has 4 heteroatoms. The first-order chi connectivity index (χ1) is 13.2. The molecular formula is C23H22N2OS. The molecule has 0 aliphatic carbocycles. The molecule has 0 spiro atoms. The molecule has 0 unspecified atom stereocenters. The number of ether oxygens (including phenoxy) is 1. The van der Waals surface area contributed by atoms with Crippen molar-refractivity contribution < 1.29 is 4.74 Å². The van der Waals surface area contributed by atoms with Gasteiger partial charge in [-0.05, 0) is 38.1 Å². The van der Waals surface area contributed by atoms with Crippen molar-refractivity contribution >= 4 is 48.6 Å². The Labute approximate surface area is 163 Å². The number of rotatable bonds is 3. The van der Waals surface area contributed by atoms with Crippen molar-refractivity contribution in [3.05, 3.63) is 60.7 Å². The number of anilines is 3. The first-order valence-electron chi connectivity index (χ1n) is 9.37. The van der Waals surface area contributed by atoms with Crippen LogP contribution in [0.4, 0.5) is 17.1 Å². The van der Waals surface area contributed by atoms with E-state index in [2.05, 4.69) is 72.2 Å². The van der Waals surface area contributed by atoms with Crippen LogP contribution in [0.25, 0.3) is 20.2 Å². The first-order valence-corrected chi connectivity index (χ1v) is 10.2. The Morgan fingerprint density at radius 1 is 0.926 bits per heavy atom. The van der Waals surface area contributed by atoms with Gasteiger partial charge in [0.1, 0.15) is 11.9 Å². The van der Waals surface area contributed by atoms with Crippen molar-refractivity contribution in [2.24, 2.45) is 0 Å². The summed E-state index contributed by atoms with van der Waals surface area (Å²) < 4.78 is 8.39. The van der Waals surface area contributed by atoms with Crippen LogP contribution in [-0.2, 0) is 0 Å². The number of hydrogen-bond acceptors (Lipinski definition) is 4. The molecule has 0 N–H and O–H groups in total. The molecule has 0 fully saturated rings. The van der Waals surface area contributed by atoms with Crippen LogP contribution < -0.4 is 14.5 Å². The first kappa shape index (κ1) is 16.5. The summed E-state index contributed by atoms with van der Waals surface area (Å²) in [6, 6.07) is 21.5. The summed E-state index contributed by atoms with van der Waals surface area (Å²) in [6.07, 6.45) is 0.233. The van der Waals surface area contributed by atoms with Crippen LogP contribution in [0.1, 0.15) is 13.8 Å². The van der Waals surface area contributed by atoms with Crippen molar-refractivity contribution in [2.45, 2.75) is 20.0 Å². The Kier molecular flexibility index (Phi) is 3.76. The molecule has 2 heterocycles. The molecule has 1 aliphatic heterocycles. The maximum Gasteiger partial charge on any atom is 0.142 e. The molecule has 27 heavy (non-hydrogen) atoms. The minimum atomic E-state index is 0.233. The van der Waals surface area contributed by atoms with Crippen molar-refractivity contribution in [1.29, 1.82) is 0 Å². The van der Waals surface area contributed by atoms with E-state index >= 15 is 0 Å². The second-order valence-electron chi connectivity index (χ2n) is 6.87. The van der Waals surface area contributed by atoms with E-state index in [4.69, 9.17) is 4.74 Å². The number of hydrogen-bond donors (Lipinski definition) is 0. The monoisotopic (exact) mass is 374 g/mol. The number of methoxy groups -OCH3 is 1. The van der Waals surface area contributed by atoms with Gasteiger partial charge in [-0.2, -0.15) is 0 Å². The van der Waals surface area contributed by atoms with Crippen LogP contribution in [0.15, 0.2) is 60.7 Å². The van der Waals surface area contributed by atoms with Gasteiger partial charge >= 0.3 is 0 Å². The van der Waals surface area contributed by atoms with Gasteiger partial charge in [0.15, 0.2) is 0 Å². The molecule has 0 saturated carbocycles. The summed E-state index contributed by atoms with van der Waals surface area (Å²) in [6.45, 7) is 5.47. The molecule has 4 aromatic rings. The zero-order valence-electron chi connectivity index (χ0n) is 15.8. The third-order valence-corrected chi connectivity index (χ3v) is 6.75. The van der Waals surface area contributed by atoms with E-state index < -0.39 is 0 Å². The SMILES string of the molecule is CCN1c2c(ccc3c2sc2ccccc23)N(c2ccccc2OC)[C@H]1C. The van der Waals surface area contributed by atoms with E-state index in [0.717, 1.165) is 18.0 Å². The fourth-order valence-electron chi connectivity index (χ4n) is 4.35. The number of nitrogens with zero attached hydrogens (tertiary/aromatic N) is 2. The highest BCUT2D eigenvalue weighted by molar-refractivity contribution is 7.26. The van der Waals surface area contributed by atoms with Gasteiger partial charge in [-0.3, -0.25) is 0 Å². The van der Waals surface area contributed by atoms with Gasteiger partial charge in [-0.1, -0.05) is 36.4 Å². The van der Waals surface area contributed by atoms with Crippen molar-refractivity contribution in [3.8, 4) is 5.75 Å². The van der Waals surface area contributed by atoms with Gasteiger partial charge in [0, 0.05) is 22.0 Å². The molecule has 3 aromatic carbocycles. The number of para-hydroxylation sites is 2. The third-order valence-electron chi connectivity index (χ3n) is 5.56. The molecular weight excluding hydrogens is 352 g/mol. The minimum Gasteiger partial charge on any atom is -0.495 e. The maximum absolute atomic E-state index is 5.67. The summed E-state index contributed by atoms with van der Waals surface area (Å²) in [5.74, 6) is 0.907. The Morgan fingerprint density at radius 2 is 1.70 bits per heavy atom. The van der Waals surface area contributed by atoms with Gasteiger partial charge in [0.2, 0.25) is 0 Å². The van der Waals surface area contributed by atoms with Gasteiger partial charge in [-0.25, -0.2) is 0 Å². The Balaban J connectivity index is 1.81. The zero-order valence-corrected chi connectivity index (χ0v) is 16.6. The van der Waals surface area contributed by atoms with Crippen molar-refractivity contribution in [1.82, 2.24) is 0 Å². The Morgan fingerprint density at radius 3 is 2.52 bits per heavy atom. The fraction of sp³-hybridized carbons (Fsp3) is 0.217. The van der Waals surface area contributed by atoms with Crippen LogP contribution in [0.3, 0.4) is 0 Å². The highest BCUT2D eigenvalue weighted by Gasteiger charge is 2.36. The molecule has 0 saturated heterocycles. The second-order valence-corrected chi connectivity index (χ2v) is 7.92. The predicted octanol–water partition coefficient (Wildman–Crippen LogP) is 6.39. The number of benzene rings is 3. The van der Waals surface area contributed by atoms with E-state index in [1.807, 2.05) is 23.5 Å². The molecule has 1 aliphatic rings. The molecule has 0 amide bonds. The van der Waals surface area contributed by atoms with Gasteiger partial charge in [0.25, 0.3) is 0 Å². The molecule has 0 bridgehead atoms. The van der Waals surface area contributed by atoms with E-state index in [1.54, 1.807) is 7.11 Å². The second kappa shape index (κ2) is 6.17. The summed E-state index contributed by atoms with van der Waals surface area (Å²) >= 11 is 1.90. The van der Waals surface area contributed by atoms with Crippen LogP contribution in [0.5, 0.6) is 5.75 Å². The smallest absolute Gasteiger partial charge is 0.142 e. The van der Waals surface area contributed by atoms with Gasteiger partial charge < -0.3 is 14.5 Å². The summed E-state index contributed by atoms with van der Waals surface area (Å²) in [7, 11) is 1.74. The number of thiophene rings is 1. The minimum absolute atomic E-state index is 0.233. The third kappa shape index (κ3) is 2.26. The van der Waals surface area contributed by atoms with E-state index in [0.29, 0.717) is 0 Å². The normalized spacial score (nSPS) is 16.3. The predicted molar refractivity (Wildman–Crippen MR) is 117 cm³/mol. The van der Waals surface area contributed by atoms with Crippen LogP contribution in [0.2, 0.25) is 0 Å².